The molecule has 0 aromatic heterocycles. The van der Waals surface area contributed by atoms with Gasteiger partial charge in [-0.05, 0) is 62.4 Å². The summed E-state index contributed by atoms with van der Waals surface area (Å²) in [7, 11) is -3.67. The number of carbonyl (C=O) groups excluding carboxylic acids is 1. The van der Waals surface area contributed by atoms with E-state index in [1.54, 1.807) is 62.4 Å². The molecule has 0 atom stereocenters. The van der Waals surface area contributed by atoms with E-state index < -0.39 is 16.0 Å². The molecule has 2 rings (SSSR count). The molecule has 0 fully saturated rings. The average Bonchev–Trinajstić information content (AvgIpc) is 2.56. The van der Waals surface area contributed by atoms with Crippen molar-refractivity contribution in [3.63, 3.8) is 0 Å². The molecule has 2 aromatic rings. The van der Waals surface area contributed by atoms with Crippen molar-refractivity contribution >= 4 is 37.6 Å². The van der Waals surface area contributed by atoms with Crippen LogP contribution in [0, 0.1) is 0 Å². The molecule has 0 saturated carbocycles. The van der Waals surface area contributed by atoms with E-state index in [1.165, 1.54) is 4.31 Å². The summed E-state index contributed by atoms with van der Waals surface area (Å²) in [4.78, 5) is 11.9. The summed E-state index contributed by atoms with van der Waals surface area (Å²) in [5.41, 5.74) is 0.881. The van der Waals surface area contributed by atoms with E-state index in [0.717, 1.165) is 4.47 Å². The van der Waals surface area contributed by atoms with Crippen molar-refractivity contribution in [2.75, 3.05) is 17.5 Å². The van der Waals surface area contributed by atoms with Gasteiger partial charge in [-0.1, -0.05) is 15.9 Å². The highest BCUT2D eigenvalue weighted by molar-refractivity contribution is 9.10. The number of carbonyl (C=O) groups is 1. The Bertz CT molecular complexity index is 801. The normalized spacial score (nSPS) is 11.1. The van der Waals surface area contributed by atoms with Gasteiger partial charge in [0.2, 0.25) is 0 Å². The second-order valence-corrected chi connectivity index (χ2v) is 7.67. The number of sulfonamides is 1. The van der Waals surface area contributed by atoms with Crippen LogP contribution >= 0.6 is 15.9 Å². The molecule has 0 saturated heterocycles. The summed E-state index contributed by atoms with van der Waals surface area (Å²) in [6.45, 7) is 4.06. The highest BCUT2D eigenvalue weighted by Crippen LogP contribution is 2.25. The second-order valence-electron chi connectivity index (χ2n) is 4.89. The predicted octanol–water partition coefficient (Wildman–Crippen LogP) is 3.84. The standard InChI is InChI=1S/C17H18BrNO4S/c1-3-19(24(21,22)16-11-7-14(18)8-12-16)15-9-5-13(6-10-15)17(20)23-4-2/h5-12H,3-4H2,1-2H3. The zero-order chi connectivity index (χ0) is 17.7. The first-order valence-electron chi connectivity index (χ1n) is 7.45. The van der Waals surface area contributed by atoms with E-state index in [4.69, 9.17) is 4.74 Å². The average molecular weight is 412 g/mol. The molecule has 0 unspecified atom stereocenters. The van der Waals surface area contributed by atoms with E-state index in [1.807, 2.05) is 0 Å². The van der Waals surface area contributed by atoms with Gasteiger partial charge in [0.25, 0.3) is 10.0 Å². The van der Waals surface area contributed by atoms with Crippen LogP contribution in [-0.4, -0.2) is 27.5 Å². The van der Waals surface area contributed by atoms with Crippen molar-refractivity contribution < 1.29 is 17.9 Å². The van der Waals surface area contributed by atoms with Crippen molar-refractivity contribution in [2.45, 2.75) is 18.7 Å². The van der Waals surface area contributed by atoms with Crippen LogP contribution in [0.25, 0.3) is 0 Å². The third-order valence-corrected chi connectivity index (χ3v) is 5.80. The van der Waals surface area contributed by atoms with Crippen LogP contribution in [0.1, 0.15) is 24.2 Å². The van der Waals surface area contributed by atoms with Gasteiger partial charge in [0.1, 0.15) is 0 Å². The molecular formula is C17H18BrNO4S. The number of halogens is 1. The SMILES string of the molecule is CCOC(=O)c1ccc(N(CC)S(=O)(=O)c2ccc(Br)cc2)cc1. The van der Waals surface area contributed by atoms with Crippen molar-refractivity contribution in [3.8, 4) is 0 Å². The molecule has 0 aliphatic heterocycles. The van der Waals surface area contributed by atoms with Crippen molar-refractivity contribution in [3.05, 3.63) is 58.6 Å². The van der Waals surface area contributed by atoms with Crippen LogP contribution in [0.4, 0.5) is 5.69 Å². The third-order valence-electron chi connectivity index (χ3n) is 3.36. The highest BCUT2D eigenvalue weighted by atomic mass is 79.9. The fraction of sp³-hybridized carbons (Fsp3) is 0.235. The Kier molecular flexibility index (Phi) is 6.01. The van der Waals surface area contributed by atoms with Gasteiger partial charge in [-0.15, -0.1) is 0 Å². The van der Waals surface area contributed by atoms with Gasteiger partial charge in [-0.3, -0.25) is 4.31 Å². The van der Waals surface area contributed by atoms with Crippen LogP contribution in [-0.2, 0) is 14.8 Å². The zero-order valence-corrected chi connectivity index (χ0v) is 15.8. The van der Waals surface area contributed by atoms with Crippen molar-refractivity contribution in [1.29, 1.82) is 0 Å². The number of benzene rings is 2. The lowest BCUT2D eigenvalue weighted by molar-refractivity contribution is 0.0526. The van der Waals surface area contributed by atoms with E-state index in [9.17, 15) is 13.2 Å². The summed E-state index contributed by atoms with van der Waals surface area (Å²) in [6, 6.07) is 12.8. The zero-order valence-electron chi connectivity index (χ0n) is 13.4. The first-order chi connectivity index (χ1) is 11.4. The van der Waals surface area contributed by atoms with Gasteiger partial charge >= 0.3 is 5.97 Å². The summed E-state index contributed by atoms with van der Waals surface area (Å²) >= 11 is 3.29. The molecule has 5 nitrogen and oxygen atoms in total. The molecule has 0 bridgehead atoms. The molecule has 7 heteroatoms. The lowest BCUT2D eigenvalue weighted by atomic mass is 10.2. The lowest BCUT2D eigenvalue weighted by Gasteiger charge is -2.23. The Morgan fingerprint density at radius 1 is 1.04 bits per heavy atom. The van der Waals surface area contributed by atoms with Gasteiger partial charge < -0.3 is 4.74 Å². The number of nitrogens with zero attached hydrogens (tertiary/aromatic N) is 1. The fourth-order valence-electron chi connectivity index (χ4n) is 2.20. The Labute approximate surface area is 150 Å². The molecule has 24 heavy (non-hydrogen) atoms. The van der Waals surface area contributed by atoms with Crippen molar-refractivity contribution in [2.24, 2.45) is 0 Å². The maximum atomic E-state index is 12.8. The quantitative estimate of drug-likeness (QED) is 0.677. The third kappa shape index (κ3) is 3.96. The Morgan fingerprint density at radius 3 is 2.12 bits per heavy atom. The lowest BCUT2D eigenvalue weighted by Crippen LogP contribution is -2.30. The molecule has 0 aliphatic rings. The highest BCUT2D eigenvalue weighted by Gasteiger charge is 2.23. The first-order valence-corrected chi connectivity index (χ1v) is 9.69. The van der Waals surface area contributed by atoms with Crippen LogP contribution < -0.4 is 4.31 Å². The van der Waals surface area contributed by atoms with Crippen LogP contribution in [0.3, 0.4) is 0 Å². The van der Waals surface area contributed by atoms with Gasteiger partial charge in [-0.25, -0.2) is 13.2 Å². The Hall–Kier alpha value is -1.86. The smallest absolute Gasteiger partial charge is 0.338 e. The summed E-state index contributed by atoms with van der Waals surface area (Å²) < 4.78 is 32.7. The number of rotatable bonds is 6. The minimum Gasteiger partial charge on any atom is -0.462 e. The Morgan fingerprint density at radius 2 is 1.62 bits per heavy atom. The molecule has 0 N–H and O–H groups in total. The van der Waals surface area contributed by atoms with Gasteiger partial charge in [0.15, 0.2) is 0 Å². The van der Waals surface area contributed by atoms with Gasteiger partial charge in [0.05, 0.1) is 22.8 Å². The molecule has 128 valence electrons. The number of anilines is 1. The minimum absolute atomic E-state index is 0.210. The maximum Gasteiger partial charge on any atom is 0.338 e. The summed E-state index contributed by atoms with van der Waals surface area (Å²) in [6.07, 6.45) is 0. The largest absolute Gasteiger partial charge is 0.462 e. The van der Waals surface area contributed by atoms with E-state index in [2.05, 4.69) is 15.9 Å². The number of ether oxygens (including phenoxy) is 1. The molecule has 2 aromatic carbocycles. The van der Waals surface area contributed by atoms with Crippen LogP contribution in [0.15, 0.2) is 57.9 Å². The van der Waals surface area contributed by atoms with Gasteiger partial charge in [0, 0.05) is 11.0 Å². The summed E-state index contributed by atoms with van der Waals surface area (Å²) in [5.74, 6) is -0.428. The van der Waals surface area contributed by atoms with Gasteiger partial charge in [-0.2, -0.15) is 0 Å². The number of hydrogen-bond acceptors (Lipinski definition) is 4. The van der Waals surface area contributed by atoms with E-state index >= 15 is 0 Å². The maximum absolute atomic E-state index is 12.8. The van der Waals surface area contributed by atoms with E-state index in [0.29, 0.717) is 17.9 Å². The molecule has 0 radical (unpaired) electrons. The van der Waals surface area contributed by atoms with Crippen LogP contribution in [0.2, 0.25) is 0 Å². The fourth-order valence-corrected chi connectivity index (χ4v) is 3.94. The first kappa shape index (κ1) is 18.5. The number of esters is 1. The monoisotopic (exact) mass is 411 g/mol. The molecule has 0 amide bonds. The Balaban J connectivity index is 2.34. The molecule has 0 spiro atoms. The number of hydrogen-bond donors (Lipinski definition) is 0. The van der Waals surface area contributed by atoms with Crippen LogP contribution in [0.5, 0.6) is 0 Å². The predicted molar refractivity (Wildman–Crippen MR) is 96.7 cm³/mol. The topological polar surface area (TPSA) is 63.7 Å². The molecule has 0 heterocycles. The molecule has 0 aliphatic carbocycles. The van der Waals surface area contributed by atoms with E-state index in [-0.39, 0.29) is 11.4 Å². The molecular weight excluding hydrogens is 394 g/mol. The minimum atomic E-state index is -3.67. The summed E-state index contributed by atoms with van der Waals surface area (Å²) in [5, 5.41) is 0. The van der Waals surface area contributed by atoms with Crippen molar-refractivity contribution in [1.82, 2.24) is 0 Å². The second kappa shape index (κ2) is 7.81.